The van der Waals surface area contributed by atoms with Gasteiger partial charge < -0.3 is 0 Å². The molecule has 0 radical (unpaired) electrons. The molecule has 108 valence electrons. The standard InChI is InChI=1S/C16H12ClN5/c17-14-9-10-15(20-19-14)21-22-16(12-6-2-1-3-7-12)13-8-4-5-11-18-13/h1-11H,(H,20,21)/b22-16+. The van der Waals surface area contributed by atoms with Crippen LogP contribution in [-0.2, 0) is 0 Å². The lowest BCUT2D eigenvalue weighted by molar-refractivity contribution is 1.02. The zero-order valence-corrected chi connectivity index (χ0v) is 12.3. The quantitative estimate of drug-likeness (QED) is 0.592. The zero-order chi connectivity index (χ0) is 15.2. The summed E-state index contributed by atoms with van der Waals surface area (Å²) in [6, 6.07) is 18.9. The van der Waals surface area contributed by atoms with Crippen molar-refractivity contribution in [2.45, 2.75) is 0 Å². The predicted octanol–water partition coefficient (Wildman–Crippen LogP) is 3.39. The first-order chi connectivity index (χ1) is 10.8. The lowest BCUT2D eigenvalue weighted by Gasteiger charge is -2.07. The van der Waals surface area contributed by atoms with Crippen LogP contribution in [0.25, 0.3) is 0 Å². The summed E-state index contributed by atoms with van der Waals surface area (Å²) in [5.41, 5.74) is 5.33. The van der Waals surface area contributed by atoms with Gasteiger partial charge in [0.05, 0.1) is 5.69 Å². The van der Waals surface area contributed by atoms with Crippen LogP contribution in [-0.4, -0.2) is 20.9 Å². The molecule has 2 heterocycles. The summed E-state index contributed by atoms with van der Waals surface area (Å²) in [6.07, 6.45) is 1.73. The lowest BCUT2D eigenvalue weighted by atomic mass is 10.1. The summed E-state index contributed by atoms with van der Waals surface area (Å²) in [7, 11) is 0. The van der Waals surface area contributed by atoms with Gasteiger partial charge in [0, 0.05) is 11.8 Å². The molecule has 0 aliphatic rings. The van der Waals surface area contributed by atoms with Gasteiger partial charge in [0.15, 0.2) is 11.0 Å². The first-order valence-corrected chi connectivity index (χ1v) is 7.00. The SMILES string of the molecule is Clc1ccc(N/N=C(\c2ccccc2)c2ccccn2)nn1. The number of benzene rings is 1. The van der Waals surface area contributed by atoms with Gasteiger partial charge in [-0.1, -0.05) is 48.0 Å². The number of hydrazone groups is 1. The maximum Gasteiger partial charge on any atom is 0.168 e. The van der Waals surface area contributed by atoms with E-state index in [1.807, 2.05) is 48.5 Å². The first-order valence-electron chi connectivity index (χ1n) is 6.63. The van der Waals surface area contributed by atoms with E-state index in [0.717, 1.165) is 17.0 Å². The van der Waals surface area contributed by atoms with Crippen LogP contribution in [0.3, 0.4) is 0 Å². The van der Waals surface area contributed by atoms with E-state index < -0.39 is 0 Å². The van der Waals surface area contributed by atoms with Crippen molar-refractivity contribution in [1.29, 1.82) is 0 Å². The molecule has 1 N–H and O–H groups in total. The van der Waals surface area contributed by atoms with Crippen LogP contribution < -0.4 is 5.43 Å². The molecule has 0 amide bonds. The number of rotatable bonds is 4. The fraction of sp³-hybridized carbons (Fsp3) is 0. The highest BCUT2D eigenvalue weighted by Gasteiger charge is 2.08. The smallest absolute Gasteiger partial charge is 0.168 e. The molecule has 3 rings (SSSR count). The fourth-order valence-corrected chi connectivity index (χ4v) is 1.96. The average molecular weight is 310 g/mol. The highest BCUT2D eigenvalue weighted by Crippen LogP contribution is 2.11. The summed E-state index contributed by atoms with van der Waals surface area (Å²) in [6.45, 7) is 0. The number of anilines is 1. The van der Waals surface area contributed by atoms with E-state index in [0.29, 0.717) is 11.0 Å². The summed E-state index contributed by atoms with van der Waals surface area (Å²) >= 11 is 5.72. The molecule has 0 saturated heterocycles. The predicted molar refractivity (Wildman–Crippen MR) is 87.0 cm³/mol. The molecule has 0 aliphatic heterocycles. The minimum absolute atomic E-state index is 0.336. The maximum absolute atomic E-state index is 5.72. The third-order valence-corrected chi connectivity index (χ3v) is 3.07. The van der Waals surface area contributed by atoms with Gasteiger partial charge in [-0.2, -0.15) is 5.10 Å². The van der Waals surface area contributed by atoms with Crippen molar-refractivity contribution in [3.63, 3.8) is 0 Å². The third kappa shape index (κ3) is 3.45. The van der Waals surface area contributed by atoms with E-state index in [1.165, 1.54) is 0 Å². The second-order valence-corrected chi connectivity index (χ2v) is 4.78. The molecule has 0 bridgehead atoms. The van der Waals surface area contributed by atoms with Crippen molar-refractivity contribution in [1.82, 2.24) is 15.2 Å². The number of nitrogens with one attached hydrogen (secondary N) is 1. The van der Waals surface area contributed by atoms with Gasteiger partial charge in [0.2, 0.25) is 0 Å². The molecule has 6 heteroatoms. The van der Waals surface area contributed by atoms with Crippen LogP contribution in [0.15, 0.2) is 72.0 Å². The topological polar surface area (TPSA) is 63.1 Å². The summed E-state index contributed by atoms with van der Waals surface area (Å²) in [4.78, 5) is 4.35. The highest BCUT2D eigenvalue weighted by molar-refractivity contribution is 6.29. The zero-order valence-electron chi connectivity index (χ0n) is 11.5. The van der Waals surface area contributed by atoms with Crippen molar-refractivity contribution >= 4 is 23.1 Å². The Morgan fingerprint density at radius 2 is 1.73 bits per heavy atom. The number of aromatic nitrogens is 3. The van der Waals surface area contributed by atoms with E-state index >= 15 is 0 Å². The van der Waals surface area contributed by atoms with Crippen molar-refractivity contribution < 1.29 is 0 Å². The molecular weight excluding hydrogens is 298 g/mol. The molecule has 2 aromatic heterocycles. The molecule has 5 nitrogen and oxygen atoms in total. The summed E-state index contributed by atoms with van der Waals surface area (Å²) in [5.74, 6) is 0.508. The maximum atomic E-state index is 5.72. The Labute approximate surface area is 132 Å². The minimum atomic E-state index is 0.336. The summed E-state index contributed by atoms with van der Waals surface area (Å²) < 4.78 is 0. The van der Waals surface area contributed by atoms with Gasteiger partial charge in [0.1, 0.15) is 5.71 Å². The van der Waals surface area contributed by atoms with Gasteiger partial charge in [0.25, 0.3) is 0 Å². The molecule has 0 unspecified atom stereocenters. The Morgan fingerprint density at radius 1 is 0.909 bits per heavy atom. The minimum Gasteiger partial charge on any atom is -0.259 e. The number of nitrogens with zero attached hydrogens (tertiary/aromatic N) is 4. The van der Waals surface area contributed by atoms with Gasteiger partial charge >= 0.3 is 0 Å². The van der Waals surface area contributed by atoms with Crippen molar-refractivity contribution in [3.8, 4) is 0 Å². The van der Waals surface area contributed by atoms with Crippen molar-refractivity contribution in [2.75, 3.05) is 5.43 Å². The molecule has 0 saturated carbocycles. The van der Waals surface area contributed by atoms with Crippen LogP contribution in [0.2, 0.25) is 5.15 Å². The second kappa shape index (κ2) is 6.78. The third-order valence-electron chi connectivity index (χ3n) is 2.87. The number of halogens is 1. The Kier molecular flexibility index (Phi) is 4.36. The largest absolute Gasteiger partial charge is 0.259 e. The fourth-order valence-electron chi connectivity index (χ4n) is 1.86. The number of hydrogen-bond acceptors (Lipinski definition) is 5. The molecule has 0 spiro atoms. The van der Waals surface area contributed by atoms with Crippen LogP contribution >= 0.6 is 11.6 Å². The van der Waals surface area contributed by atoms with Crippen molar-refractivity contribution in [2.24, 2.45) is 5.10 Å². The Balaban J connectivity index is 1.95. The normalized spacial score (nSPS) is 11.2. The Morgan fingerprint density at radius 3 is 2.41 bits per heavy atom. The van der Waals surface area contributed by atoms with Gasteiger partial charge in [-0.3, -0.25) is 10.4 Å². The highest BCUT2D eigenvalue weighted by atomic mass is 35.5. The second-order valence-electron chi connectivity index (χ2n) is 4.39. The van der Waals surface area contributed by atoms with E-state index in [1.54, 1.807) is 18.3 Å². The van der Waals surface area contributed by atoms with Crippen LogP contribution in [0.5, 0.6) is 0 Å². The van der Waals surface area contributed by atoms with Crippen LogP contribution in [0.4, 0.5) is 5.82 Å². The van der Waals surface area contributed by atoms with E-state index in [4.69, 9.17) is 11.6 Å². The lowest BCUT2D eigenvalue weighted by Crippen LogP contribution is -2.09. The van der Waals surface area contributed by atoms with E-state index in [-0.39, 0.29) is 0 Å². The molecular formula is C16H12ClN5. The van der Waals surface area contributed by atoms with Gasteiger partial charge in [-0.05, 0) is 24.3 Å². The van der Waals surface area contributed by atoms with Crippen LogP contribution in [0, 0.1) is 0 Å². The number of pyridine rings is 1. The molecule has 22 heavy (non-hydrogen) atoms. The van der Waals surface area contributed by atoms with Crippen LogP contribution in [0.1, 0.15) is 11.3 Å². The average Bonchev–Trinajstić information content (AvgIpc) is 2.59. The summed E-state index contributed by atoms with van der Waals surface area (Å²) in [5, 5.41) is 12.4. The first kappa shape index (κ1) is 14.2. The molecule has 0 aliphatic carbocycles. The van der Waals surface area contributed by atoms with Gasteiger partial charge in [-0.25, -0.2) is 0 Å². The molecule has 0 fully saturated rings. The number of hydrogen-bond donors (Lipinski definition) is 1. The Hall–Kier alpha value is -2.79. The molecule has 0 atom stereocenters. The van der Waals surface area contributed by atoms with E-state index in [2.05, 4.69) is 25.7 Å². The molecule has 1 aromatic carbocycles. The Bertz CT molecular complexity index is 716. The monoisotopic (exact) mass is 309 g/mol. The molecule has 3 aromatic rings. The van der Waals surface area contributed by atoms with Crippen molar-refractivity contribution in [3.05, 3.63) is 83.3 Å². The van der Waals surface area contributed by atoms with Gasteiger partial charge in [-0.15, -0.1) is 10.2 Å². The van der Waals surface area contributed by atoms with E-state index in [9.17, 15) is 0 Å².